The maximum absolute atomic E-state index is 9.29. The van der Waals surface area contributed by atoms with Crippen molar-refractivity contribution in [3.05, 3.63) is 35.9 Å². The predicted octanol–water partition coefficient (Wildman–Crippen LogP) is 1.76. The van der Waals surface area contributed by atoms with Crippen LogP contribution in [0.2, 0.25) is 0 Å². The summed E-state index contributed by atoms with van der Waals surface area (Å²) in [7, 11) is 1.88. The second-order valence-electron chi connectivity index (χ2n) is 4.74. The van der Waals surface area contributed by atoms with Crippen LogP contribution >= 0.6 is 0 Å². The van der Waals surface area contributed by atoms with Crippen molar-refractivity contribution in [1.82, 2.24) is 10.2 Å². The summed E-state index contributed by atoms with van der Waals surface area (Å²) in [5.74, 6) is 0. The zero-order valence-electron chi connectivity index (χ0n) is 10.3. The molecule has 1 N–H and O–H groups in total. The minimum atomic E-state index is -0.354. The monoisotopic (exact) mass is 229 g/mol. The molecule has 1 fully saturated rings. The zero-order chi connectivity index (χ0) is 12.1. The molecule has 0 aliphatic carbocycles. The Morgan fingerprint density at radius 1 is 1.41 bits per heavy atom. The van der Waals surface area contributed by atoms with Crippen LogP contribution in [0.1, 0.15) is 18.4 Å². The van der Waals surface area contributed by atoms with Gasteiger partial charge in [0.2, 0.25) is 0 Å². The van der Waals surface area contributed by atoms with Gasteiger partial charge in [-0.3, -0.25) is 4.90 Å². The lowest BCUT2D eigenvalue weighted by Crippen LogP contribution is -2.54. The first-order valence-electron chi connectivity index (χ1n) is 6.14. The summed E-state index contributed by atoms with van der Waals surface area (Å²) in [4.78, 5) is 2.36. The molecule has 90 valence electrons. The Labute approximate surface area is 103 Å². The predicted molar refractivity (Wildman–Crippen MR) is 68.4 cm³/mol. The van der Waals surface area contributed by atoms with Gasteiger partial charge >= 0.3 is 0 Å². The van der Waals surface area contributed by atoms with Gasteiger partial charge in [0.05, 0.1) is 6.07 Å². The third-order valence-corrected chi connectivity index (χ3v) is 3.51. The highest BCUT2D eigenvalue weighted by Gasteiger charge is 2.33. The Morgan fingerprint density at radius 2 is 2.18 bits per heavy atom. The third-order valence-electron chi connectivity index (χ3n) is 3.51. The smallest absolute Gasteiger partial charge is 0.119 e. The molecule has 0 amide bonds. The lowest BCUT2D eigenvalue weighted by Gasteiger charge is -2.38. The molecule has 1 atom stereocenters. The molecular formula is C14H19N3. The topological polar surface area (TPSA) is 39.1 Å². The van der Waals surface area contributed by atoms with E-state index < -0.39 is 0 Å². The Morgan fingerprint density at radius 3 is 2.82 bits per heavy atom. The Kier molecular flexibility index (Phi) is 3.78. The van der Waals surface area contributed by atoms with Crippen LogP contribution in [0.5, 0.6) is 0 Å². The van der Waals surface area contributed by atoms with Crippen molar-refractivity contribution in [3.8, 4) is 6.07 Å². The van der Waals surface area contributed by atoms with E-state index in [0.29, 0.717) is 0 Å². The van der Waals surface area contributed by atoms with Gasteiger partial charge in [-0.15, -0.1) is 0 Å². The van der Waals surface area contributed by atoms with E-state index in [1.165, 1.54) is 5.56 Å². The molecule has 3 heteroatoms. The lowest BCUT2D eigenvalue weighted by molar-refractivity contribution is 0.154. The SMILES string of the molecule is CNC1(C#N)CCCN(Cc2ccccc2)C1. The third kappa shape index (κ3) is 2.85. The van der Waals surface area contributed by atoms with Crippen molar-refractivity contribution in [1.29, 1.82) is 5.26 Å². The van der Waals surface area contributed by atoms with E-state index in [9.17, 15) is 5.26 Å². The quantitative estimate of drug-likeness (QED) is 0.858. The first kappa shape index (κ1) is 12.1. The van der Waals surface area contributed by atoms with E-state index in [2.05, 4.69) is 40.6 Å². The first-order chi connectivity index (χ1) is 8.28. The number of hydrogen-bond donors (Lipinski definition) is 1. The van der Waals surface area contributed by atoms with E-state index in [4.69, 9.17) is 0 Å². The molecule has 0 aromatic heterocycles. The summed E-state index contributed by atoms with van der Waals surface area (Å²) in [5.41, 5.74) is 0.963. The van der Waals surface area contributed by atoms with Gasteiger partial charge in [-0.25, -0.2) is 0 Å². The largest absolute Gasteiger partial charge is 0.301 e. The van der Waals surface area contributed by atoms with Gasteiger partial charge in [0.25, 0.3) is 0 Å². The van der Waals surface area contributed by atoms with Crippen LogP contribution in [0.25, 0.3) is 0 Å². The van der Waals surface area contributed by atoms with Crippen LogP contribution < -0.4 is 5.32 Å². The molecule has 0 spiro atoms. The maximum Gasteiger partial charge on any atom is 0.119 e. The molecule has 0 radical (unpaired) electrons. The van der Waals surface area contributed by atoms with Crippen molar-refractivity contribution in [3.63, 3.8) is 0 Å². The fourth-order valence-electron chi connectivity index (χ4n) is 2.47. The minimum Gasteiger partial charge on any atom is -0.301 e. The highest BCUT2D eigenvalue weighted by Crippen LogP contribution is 2.21. The number of benzene rings is 1. The highest BCUT2D eigenvalue weighted by molar-refractivity contribution is 5.16. The second kappa shape index (κ2) is 5.31. The molecule has 1 aromatic rings. The van der Waals surface area contributed by atoms with E-state index in [-0.39, 0.29) is 5.54 Å². The highest BCUT2D eigenvalue weighted by atomic mass is 15.2. The fourth-order valence-corrected chi connectivity index (χ4v) is 2.47. The summed E-state index contributed by atoms with van der Waals surface area (Å²) < 4.78 is 0. The maximum atomic E-state index is 9.29. The van der Waals surface area contributed by atoms with Crippen LogP contribution in [0, 0.1) is 11.3 Å². The van der Waals surface area contributed by atoms with Crippen molar-refractivity contribution >= 4 is 0 Å². The summed E-state index contributed by atoms with van der Waals surface area (Å²) >= 11 is 0. The average Bonchev–Trinajstić information content (AvgIpc) is 2.40. The number of likely N-dealkylation sites (N-methyl/N-ethyl adjacent to an activating group) is 1. The van der Waals surface area contributed by atoms with E-state index >= 15 is 0 Å². The standard InChI is InChI=1S/C14H19N3/c1-16-14(11-15)8-5-9-17(12-14)10-13-6-3-2-4-7-13/h2-4,6-7,16H,5,8-10,12H2,1H3. The molecule has 1 aliphatic heterocycles. The van der Waals surface area contributed by atoms with E-state index in [0.717, 1.165) is 32.5 Å². The normalized spacial score (nSPS) is 25.4. The van der Waals surface area contributed by atoms with Crippen LogP contribution in [0.4, 0.5) is 0 Å². The number of nitrogens with zero attached hydrogens (tertiary/aromatic N) is 2. The molecule has 1 aliphatic rings. The van der Waals surface area contributed by atoms with Gasteiger partial charge in [-0.05, 0) is 32.0 Å². The van der Waals surface area contributed by atoms with Crippen LogP contribution in [0.3, 0.4) is 0 Å². The fraction of sp³-hybridized carbons (Fsp3) is 0.500. The van der Waals surface area contributed by atoms with Gasteiger partial charge in [-0.2, -0.15) is 5.26 Å². The summed E-state index contributed by atoms with van der Waals surface area (Å²) in [6.45, 7) is 2.83. The van der Waals surface area contributed by atoms with Crippen LogP contribution in [-0.2, 0) is 6.54 Å². The van der Waals surface area contributed by atoms with Gasteiger partial charge < -0.3 is 5.32 Å². The van der Waals surface area contributed by atoms with Crippen molar-refractivity contribution in [2.24, 2.45) is 0 Å². The molecule has 1 saturated heterocycles. The van der Waals surface area contributed by atoms with Crippen molar-refractivity contribution in [2.45, 2.75) is 24.9 Å². The molecule has 0 saturated carbocycles. The van der Waals surface area contributed by atoms with Gasteiger partial charge in [0.1, 0.15) is 5.54 Å². The van der Waals surface area contributed by atoms with Crippen molar-refractivity contribution < 1.29 is 0 Å². The Balaban J connectivity index is 2.01. The number of hydrogen-bond acceptors (Lipinski definition) is 3. The lowest BCUT2D eigenvalue weighted by atomic mass is 9.90. The molecule has 1 heterocycles. The minimum absolute atomic E-state index is 0.354. The number of piperidine rings is 1. The van der Waals surface area contributed by atoms with Crippen LogP contribution in [-0.4, -0.2) is 30.6 Å². The van der Waals surface area contributed by atoms with E-state index in [1.807, 2.05) is 13.1 Å². The molecule has 3 nitrogen and oxygen atoms in total. The average molecular weight is 229 g/mol. The summed E-state index contributed by atoms with van der Waals surface area (Å²) in [6, 6.07) is 12.9. The number of likely N-dealkylation sites (tertiary alicyclic amines) is 1. The molecular weight excluding hydrogens is 210 g/mol. The molecule has 17 heavy (non-hydrogen) atoms. The summed E-state index contributed by atoms with van der Waals surface area (Å²) in [5, 5.41) is 12.5. The van der Waals surface area contributed by atoms with E-state index in [1.54, 1.807) is 0 Å². The Hall–Kier alpha value is -1.37. The van der Waals surface area contributed by atoms with Crippen molar-refractivity contribution in [2.75, 3.05) is 20.1 Å². The first-order valence-corrected chi connectivity index (χ1v) is 6.14. The summed E-state index contributed by atoms with van der Waals surface area (Å²) in [6.07, 6.45) is 2.03. The second-order valence-corrected chi connectivity index (χ2v) is 4.74. The zero-order valence-corrected chi connectivity index (χ0v) is 10.3. The molecule has 1 unspecified atom stereocenters. The molecule has 1 aromatic carbocycles. The van der Waals surface area contributed by atoms with Gasteiger partial charge in [-0.1, -0.05) is 30.3 Å². The van der Waals surface area contributed by atoms with Crippen LogP contribution in [0.15, 0.2) is 30.3 Å². The number of nitrogens with one attached hydrogen (secondary N) is 1. The van der Waals surface area contributed by atoms with Gasteiger partial charge in [0.15, 0.2) is 0 Å². The molecule has 0 bridgehead atoms. The number of rotatable bonds is 3. The van der Waals surface area contributed by atoms with Gasteiger partial charge in [0, 0.05) is 13.1 Å². The molecule has 2 rings (SSSR count). The number of nitriles is 1. The Bertz CT molecular complexity index is 396.